The molecule has 5 rings (SSSR count). The van der Waals surface area contributed by atoms with E-state index in [0.29, 0.717) is 23.2 Å². The molecule has 2 bridgehead atoms. The third-order valence-corrected chi connectivity index (χ3v) is 6.76. The number of carboxylic acids is 1. The number of fused-ring (bicyclic) bond motifs is 6. The molecule has 9 nitrogen and oxygen atoms in total. The van der Waals surface area contributed by atoms with Gasteiger partial charge in [0, 0.05) is 18.2 Å². The molecule has 2 aromatic carbocycles. The number of alkyl halides is 3. The smallest absolute Gasteiger partial charge is 0.482 e. The van der Waals surface area contributed by atoms with E-state index in [-0.39, 0.29) is 23.5 Å². The van der Waals surface area contributed by atoms with Crippen LogP contribution >= 0.6 is 0 Å². The average molecular weight is 485 g/mol. The first-order valence-electron chi connectivity index (χ1n) is 9.74. The first-order chi connectivity index (χ1) is 15.5. The van der Waals surface area contributed by atoms with Gasteiger partial charge in [0.25, 0.3) is 15.9 Å². The molecule has 3 aliphatic rings. The van der Waals surface area contributed by atoms with Crippen molar-refractivity contribution in [1.29, 1.82) is 0 Å². The first kappa shape index (κ1) is 22.9. The van der Waals surface area contributed by atoms with Crippen molar-refractivity contribution in [3.05, 3.63) is 47.5 Å². The van der Waals surface area contributed by atoms with Crippen LogP contribution in [0.2, 0.25) is 0 Å². The molecule has 13 heteroatoms. The lowest BCUT2D eigenvalue weighted by Crippen LogP contribution is -2.25. The molecule has 2 unspecified atom stereocenters. The van der Waals surface area contributed by atoms with Gasteiger partial charge in [-0.15, -0.1) is 0 Å². The molecule has 3 aliphatic heterocycles. The number of carboxylic acid groups (broad SMARTS) is 1. The highest BCUT2D eigenvalue weighted by Gasteiger charge is 2.39. The van der Waals surface area contributed by atoms with Crippen LogP contribution in [-0.4, -0.2) is 38.2 Å². The van der Waals surface area contributed by atoms with E-state index in [2.05, 4.69) is 21.4 Å². The maximum absolute atomic E-state index is 12.9. The summed E-state index contributed by atoms with van der Waals surface area (Å²) >= 11 is 0. The number of ether oxygens (including phenoxy) is 1. The second-order valence-corrected chi connectivity index (χ2v) is 9.24. The number of sulfonamides is 1. The van der Waals surface area contributed by atoms with Crippen molar-refractivity contribution in [1.82, 2.24) is 5.32 Å². The van der Waals surface area contributed by atoms with Gasteiger partial charge in [-0.2, -0.15) is 13.2 Å². The highest BCUT2D eigenvalue weighted by atomic mass is 32.2. The summed E-state index contributed by atoms with van der Waals surface area (Å²) in [6.07, 6.45) is -2.98. The van der Waals surface area contributed by atoms with Gasteiger partial charge in [0.15, 0.2) is 6.61 Å². The van der Waals surface area contributed by atoms with Crippen LogP contribution in [0.4, 0.5) is 24.5 Å². The maximum Gasteiger partial charge on any atom is 0.490 e. The molecule has 2 atom stereocenters. The number of rotatable bonds is 3. The average Bonchev–Trinajstić information content (AvgIpc) is 3.36. The molecule has 3 heterocycles. The van der Waals surface area contributed by atoms with E-state index in [1.165, 1.54) is 17.7 Å². The van der Waals surface area contributed by atoms with Gasteiger partial charge in [-0.3, -0.25) is 9.52 Å². The number of benzene rings is 2. The molecule has 0 saturated carbocycles. The lowest BCUT2D eigenvalue weighted by atomic mass is 9.91. The predicted molar refractivity (Wildman–Crippen MR) is 109 cm³/mol. The molecular formula is C20H18F3N3O6S. The number of aliphatic carboxylic acids is 1. The Morgan fingerprint density at radius 2 is 1.85 bits per heavy atom. The molecule has 1 amide bonds. The van der Waals surface area contributed by atoms with Crippen molar-refractivity contribution in [3.8, 4) is 5.75 Å². The fraction of sp³-hybridized carbons (Fsp3) is 0.300. The summed E-state index contributed by atoms with van der Waals surface area (Å²) in [7, 11) is -3.77. The van der Waals surface area contributed by atoms with Crippen LogP contribution in [0.25, 0.3) is 0 Å². The number of carbonyl (C=O) groups excluding carboxylic acids is 1. The Morgan fingerprint density at radius 1 is 1.15 bits per heavy atom. The summed E-state index contributed by atoms with van der Waals surface area (Å²) in [6.45, 7) is -0.120. The predicted octanol–water partition coefficient (Wildman–Crippen LogP) is 2.93. The van der Waals surface area contributed by atoms with Crippen LogP contribution in [0.1, 0.15) is 36.1 Å². The van der Waals surface area contributed by atoms with Crippen molar-refractivity contribution in [2.45, 2.75) is 36.0 Å². The first-order valence-corrected chi connectivity index (χ1v) is 11.2. The van der Waals surface area contributed by atoms with E-state index in [4.69, 9.17) is 14.6 Å². The van der Waals surface area contributed by atoms with E-state index in [1.807, 2.05) is 6.07 Å². The Balaban J connectivity index is 0.000000325. The molecule has 0 radical (unpaired) electrons. The number of nitrogens with one attached hydrogen (secondary N) is 3. The van der Waals surface area contributed by atoms with Crippen molar-refractivity contribution in [2.75, 3.05) is 16.6 Å². The van der Waals surface area contributed by atoms with E-state index < -0.39 is 22.2 Å². The summed E-state index contributed by atoms with van der Waals surface area (Å²) in [6, 6.07) is 10.7. The highest BCUT2D eigenvalue weighted by molar-refractivity contribution is 7.92. The van der Waals surface area contributed by atoms with Crippen molar-refractivity contribution in [2.24, 2.45) is 0 Å². The zero-order valence-corrected chi connectivity index (χ0v) is 17.6. The van der Waals surface area contributed by atoms with E-state index >= 15 is 0 Å². The molecule has 0 spiro atoms. The van der Waals surface area contributed by atoms with Crippen molar-refractivity contribution >= 4 is 33.3 Å². The summed E-state index contributed by atoms with van der Waals surface area (Å²) in [5, 5.41) is 13.3. The van der Waals surface area contributed by atoms with E-state index in [9.17, 15) is 26.4 Å². The number of hydrogen-bond donors (Lipinski definition) is 4. The van der Waals surface area contributed by atoms with Gasteiger partial charge in [-0.1, -0.05) is 12.1 Å². The van der Waals surface area contributed by atoms with Crippen LogP contribution in [0.5, 0.6) is 5.75 Å². The molecule has 33 heavy (non-hydrogen) atoms. The lowest BCUT2D eigenvalue weighted by molar-refractivity contribution is -0.192. The molecule has 176 valence electrons. The normalized spacial score (nSPS) is 20.5. The summed E-state index contributed by atoms with van der Waals surface area (Å²) in [5.41, 5.74) is 3.32. The fourth-order valence-electron chi connectivity index (χ4n) is 4.01. The quantitative estimate of drug-likeness (QED) is 0.525. The second-order valence-electron chi connectivity index (χ2n) is 7.56. The Bertz CT molecular complexity index is 1230. The largest absolute Gasteiger partial charge is 0.490 e. The topological polar surface area (TPSA) is 134 Å². The van der Waals surface area contributed by atoms with Crippen molar-refractivity contribution < 1.29 is 41.0 Å². The van der Waals surface area contributed by atoms with Crippen LogP contribution in [0.3, 0.4) is 0 Å². The van der Waals surface area contributed by atoms with Gasteiger partial charge in [0.05, 0.1) is 16.3 Å². The number of carbonyl (C=O) groups is 2. The second kappa shape index (κ2) is 8.23. The molecule has 4 N–H and O–H groups in total. The minimum atomic E-state index is -5.08. The van der Waals surface area contributed by atoms with Crippen LogP contribution in [0, 0.1) is 0 Å². The number of anilines is 2. The van der Waals surface area contributed by atoms with Gasteiger partial charge >= 0.3 is 12.1 Å². The Morgan fingerprint density at radius 3 is 2.55 bits per heavy atom. The molecule has 0 aliphatic carbocycles. The third-order valence-electron chi connectivity index (χ3n) is 5.39. The van der Waals surface area contributed by atoms with Crippen LogP contribution < -0.4 is 20.1 Å². The molecule has 0 aromatic heterocycles. The van der Waals surface area contributed by atoms with Gasteiger partial charge in [0.1, 0.15) is 5.75 Å². The highest BCUT2D eigenvalue weighted by Crippen LogP contribution is 2.48. The van der Waals surface area contributed by atoms with Gasteiger partial charge < -0.3 is 20.5 Å². The Kier molecular flexibility index (Phi) is 5.70. The Labute approximate surface area is 186 Å². The van der Waals surface area contributed by atoms with Crippen molar-refractivity contribution in [3.63, 3.8) is 0 Å². The summed E-state index contributed by atoms with van der Waals surface area (Å²) in [5.74, 6) is -2.66. The van der Waals surface area contributed by atoms with Gasteiger partial charge in [-0.25, -0.2) is 13.2 Å². The molecule has 1 saturated heterocycles. The monoisotopic (exact) mass is 485 g/mol. The fourth-order valence-corrected chi connectivity index (χ4v) is 5.10. The zero-order chi connectivity index (χ0) is 24.0. The van der Waals surface area contributed by atoms with E-state index in [0.717, 1.165) is 18.4 Å². The zero-order valence-electron chi connectivity index (χ0n) is 16.8. The molecular weight excluding hydrogens is 467 g/mol. The summed E-state index contributed by atoms with van der Waals surface area (Å²) in [4.78, 5) is 20.3. The Hall–Kier alpha value is -3.32. The van der Waals surface area contributed by atoms with Crippen LogP contribution in [0.15, 0.2) is 41.3 Å². The number of amides is 1. The minimum absolute atomic E-state index is 0.0983. The van der Waals surface area contributed by atoms with Gasteiger partial charge in [0.2, 0.25) is 0 Å². The third kappa shape index (κ3) is 4.59. The summed E-state index contributed by atoms with van der Waals surface area (Å²) < 4.78 is 65.5. The SMILES string of the molecule is O=C(O)C(F)(F)F.O=C1COc2cc(S(=O)(=O)Nc3cccc4c3C3CCC4N3)ccc2N1. The van der Waals surface area contributed by atoms with Gasteiger partial charge in [-0.05, 0) is 42.2 Å². The van der Waals surface area contributed by atoms with E-state index in [1.54, 1.807) is 12.1 Å². The maximum atomic E-state index is 12.9. The molecule has 1 fully saturated rings. The standard InChI is InChI=1S/C18H17N3O4S.C2HF3O2/c22-17-9-25-16-8-10(4-5-13(16)20-17)26(23,24)21-15-3-1-2-11-12-6-7-14(19-12)18(11)15;3-2(4,5)1(6)7/h1-5,8,12,14,19,21H,6-7,9H2,(H,20,22);(H,6,7). The minimum Gasteiger partial charge on any atom is -0.482 e. The number of halogens is 3. The molecule has 2 aromatic rings. The lowest BCUT2D eigenvalue weighted by Gasteiger charge is -2.20. The number of hydrogen-bond acceptors (Lipinski definition) is 6. The van der Waals surface area contributed by atoms with Crippen LogP contribution in [-0.2, 0) is 19.6 Å².